The van der Waals surface area contributed by atoms with Gasteiger partial charge in [0.2, 0.25) is 0 Å². The number of nitrogens with two attached hydrogens (primary N) is 1. The molecule has 0 radical (unpaired) electrons. The van der Waals surface area contributed by atoms with Gasteiger partial charge in [-0.2, -0.15) is 0 Å². The number of rotatable bonds is 4. The van der Waals surface area contributed by atoms with Crippen LogP contribution in [0, 0.1) is 0 Å². The number of hydrogen-bond donors (Lipinski definition) is 1. The van der Waals surface area contributed by atoms with Crippen molar-refractivity contribution < 1.29 is 9.47 Å². The lowest BCUT2D eigenvalue weighted by molar-refractivity contribution is 0.242. The molecular formula is C15H16BrNO2. The minimum atomic E-state index is 0.0977. The molecule has 0 saturated heterocycles. The molecule has 0 bridgehead atoms. The van der Waals surface area contributed by atoms with Crippen LogP contribution in [0.15, 0.2) is 46.9 Å². The summed E-state index contributed by atoms with van der Waals surface area (Å²) in [6, 6.07) is 13.0. The van der Waals surface area contributed by atoms with Gasteiger partial charge in [0.25, 0.3) is 0 Å². The molecule has 0 unspecified atom stereocenters. The number of anilines is 1. The van der Waals surface area contributed by atoms with Crippen molar-refractivity contribution in [2.75, 3.05) is 5.73 Å². The van der Waals surface area contributed by atoms with Crippen LogP contribution >= 0.6 is 15.9 Å². The molecule has 0 aromatic heterocycles. The first kappa shape index (κ1) is 13.7. The van der Waals surface area contributed by atoms with Crippen molar-refractivity contribution in [3.63, 3.8) is 0 Å². The van der Waals surface area contributed by atoms with Gasteiger partial charge in [0, 0.05) is 28.4 Å². The normalized spacial score (nSPS) is 10.5. The summed E-state index contributed by atoms with van der Waals surface area (Å²) in [4.78, 5) is 0. The Balaban J connectivity index is 2.22. The van der Waals surface area contributed by atoms with Crippen LogP contribution in [-0.4, -0.2) is 6.10 Å². The maximum absolute atomic E-state index is 5.85. The Labute approximate surface area is 121 Å². The van der Waals surface area contributed by atoms with Crippen LogP contribution in [0.4, 0.5) is 5.69 Å². The fraction of sp³-hybridized carbons (Fsp3) is 0.200. The second-order valence-corrected chi connectivity index (χ2v) is 5.38. The molecule has 2 aromatic rings. The molecule has 0 amide bonds. The van der Waals surface area contributed by atoms with Crippen LogP contribution < -0.4 is 15.2 Å². The molecule has 0 fully saturated rings. The first-order valence-electron chi connectivity index (χ1n) is 6.03. The van der Waals surface area contributed by atoms with Gasteiger partial charge < -0.3 is 15.2 Å². The fourth-order valence-corrected chi connectivity index (χ4v) is 2.04. The maximum Gasteiger partial charge on any atom is 0.133 e. The lowest BCUT2D eigenvalue weighted by atomic mass is 10.2. The predicted molar refractivity (Wildman–Crippen MR) is 80.8 cm³/mol. The van der Waals surface area contributed by atoms with Crippen molar-refractivity contribution in [3.8, 4) is 17.2 Å². The monoisotopic (exact) mass is 321 g/mol. The van der Waals surface area contributed by atoms with Gasteiger partial charge in [0.1, 0.15) is 17.2 Å². The molecule has 0 aliphatic rings. The third-order valence-electron chi connectivity index (χ3n) is 2.31. The average molecular weight is 322 g/mol. The summed E-state index contributed by atoms with van der Waals surface area (Å²) >= 11 is 3.41. The molecule has 19 heavy (non-hydrogen) atoms. The highest BCUT2D eigenvalue weighted by Gasteiger charge is 2.04. The van der Waals surface area contributed by atoms with Crippen molar-refractivity contribution in [2.45, 2.75) is 20.0 Å². The molecule has 0 spiro atoms. The molecule has 4 heteroatoms. The summed E-state index contributed by atoms with van der Waals surface area (Å²) in [5.41, 5.74) is 6.46. The first-order chi connectivity index (χ1) is 9.02. The molecule has 2 aromatic carbocycles. The lowest BCUT2D eigenvalue weighted by Gasteiger charge is -2.13. The fourth-order valence-electron chi connectivity index (χ4n) is 1.66. The molecule has 0 heterocycles. The number of benzene rings is 2. The van der Waals surface area contributed by atoms with E-state index in [2.05, 4.69) is 15.9 Å². The maximum atomic E-state index is 5.85. The lowest BCUT2D eigenvalue weighted by Crippen LogP contribution is -2.05. The summed E-state index contributed by atoms with van der Waals surface area (Å²) < 4.78 is 12.4. The Bertz CT molecular complexity index is 570. The molecule has 3 nitrogen and oxygen atoms in total. The Morgan fingerprint density at radius 2 is 1.74 bits per heavy atom. The van der Waals surface area contributed by atoms with Gasteiger partial charge in [-0.1, -0.05) is 22.0 Å². The average Bonchev–Trinajstić information content (AvgIpc) is 2.26. The largest absolute Gasteiger partial charge is 0.491 e. The molecule has 2 rings (SSSR count). The molecule has 0 atom stereocenters. The van der Waals surface area contributed by atoms with E-state index in [1.165, 1.54) is 0 Å². The number of hydrogen-bond acceptors (Lipinski definition) is 3. The SMILES string of the molecule is CC(C)Oc1cc(N)cc(Oc2cccc(Br)c2)c1. The van der Waals surface area contributed by atoms with Crippen molar-refractivity contribution in [1.82, 2.24) is 0 Å². The van der Waals surface area contributed by atoms with Gasteiger partial charge in [-0.25, -0.2) is 0 Å². The molecule has 0 aliphatic heterocycles. The van der Waals surface area contributed by atoms with Gasteiger partial charge in [-0.3, -0.25) is 0 Å². The summed E-state index contributed by atoms with van der Waals surface area (Å²) in [5, 5.41) is 0. The minimum absolute atomic E-state index is 0.0977. The van der Waals surface area contributed by atoms with Gasteiger partial charge in [-0.15, -0.1) is 0 Å². The van der Waals surface area contributed by atoms with Crippen molar-refractivity contribution in [3.05, 3.63) is 46.9 Å². The van der Waals surface area contributed by atoms with Crippen LogP contribution in [0.25, 0.3) is 0 Å². The molecule has 2 N–H and O–H groups in total. The number of halogens is 1. The number of nitrogen functional groups attached to an aromatic ring is 1. The first-order valence-corrected chi connectivity index (χ1v) is 6.83. The highest BCUT2D eigenvalue weighted by Crippen LogP contribution is 2.30. The standard InChI is InChI=1S/C15H16BrNO2/c1-10(2)18-14-7-12(17)8-15(9-14)19-13-5-3-4-11(16)6-13/h3-10H,17H2,1-2H3. The number of ether oxygens (including phenoxy) is 2. The second kappa shape index (κ2) is 5.97. The van der Waals surface area contributed by atoms with E-state index in [1.807, 2.05) is 44.2 Å². The Hall–Kier alpha value is -1.68. The van der Waals surface area contributed by atoms with Gasteiger partial charge in [0.05, 0.1) is 6.10 Å². The second-order valence-electron chi connectivity index (χ2n) is 4.46. The van der Waals surface area contributed by atoms with Crippen molar-refractivity contribution >= 4 is 21.6 Å². The van der Waals surface area contributed by atoms with E-state index < -0.39 is 0 Å². The Morgan fingerprint density at radius 1 is 1.00 bits per heavy atom. The van der Waals surface area contributed by atoms with E-state index in [4.69, 9.17) is 15.2 Å². The Kier molecular flexibility index (Phi) is 4.32. The van der Waals surface area contributed by atoms with Gasteiger partial charge in [-0.05, 0) is 32.0 Å². The smallest absolute Gasteiger partial charge is 0.133 e. The molecule has 0 aliphatic carbocycles. The molecule has 100 valence electrons. The molecular weight excluding hydrogens is 306 g/mol. The van der Waals surface area contributed by atoms with Crippen LogP contribution in [0.3, 0.4) is 0 Å². The topological polar surface area (TPSA) is 44.5 Å². The summed E-state index contributed by atoms with van der Waals surface area (Å²) in [6.45, 7) is 3.94. The Morgan fingerprint density at radius 3 is 2.42 bits per heavy atom. The zero-order chi connectivity index (χ0) is 13.8. The van der Waals surface area contributed by atoms with Crippen LogP contribution in [0.5, 0.6) is 17.2 Å². The third-order valence-corrected chi connectivity index (χ3v) is 2.80. The zero-order valence-electron chi connectivity index (χ0n) is 10.9. The zero-order valence-corrected chi connectivity index (χ0v) is 12.5. The summed E-state index contributed by atoms with van der Waals surface area (Å²) in [7, 11) is 0. The quantitative estimate of drug-likeness (QED) is 0.836. The van der Waals surface area contributed by atoms with E-state index >= 15 is 0 Å². The van der Waals surface area contributed by atoms with Crippen molar-refractivity contribution in [1.29, 1.82) is 0 Å². The van der Waals surface area contributed by atoms with Crippen LogP contribution in [-0.2, 0) is 0 Å². The van der Waals surface area contributed by atoms with Gasteiger partial charge in [0.15, 0.2) is 0 Å². The predicted octanol–water partition coefficient (Wildman–Crippen LogP) is 4.61. The van der Waals surface area contributed by atoms with E-state index in [-0.39, 0.29) is 6.10 Å². The van der Waals surface area contributed by atoms with E-state index in [9.17, 15) is 0 Å². The third kappa shape index (κ3) is 4.17. The van der Waals surface area contributed by atoms with Gasteiger partial charge >= 0.3 is 0 Å². The minimum Gasteiger partial charge on any atom is -0.491 e. The summed E-state index contributed by atoms with van der Waals surface area (Å²) in [6.07, 6.45) is 0.0977. The highest BCUT2D eigenvalue weighted by atomic mass is 79.9. The molecule has 0 saturated carbocycles. The van der Waals surface area contributed by atoms with Crippen molar-refractivity contribution in [2.24, 2.45) is 0 Å². The highest BCUT2D eigenvalue weighted by molar-refractivity contribution is 9.10. The van der Waals surface area contributed by atoms with E-state index in [0.29, 0.717) is 17.2 Å². The van der Waals surface area contributed by atoms with E-state index in [1.54, 1.807) is 12.1 Å². The van der Waals surface area contributed by atoms with E-state index in [0.717, 1.165) is 10.2 Å². The van der Waals surface area contributed by atoms with Crippen LogP contribution in [0.1, 0.15) is 13.8 Å². The van der Waals surface area contributed by atoms with Crippen LogP contribution in [0.2, 0.25) is 0 Å². The summed E-state index contributed by atoms with van der Waals surface area (Å²) in [5.74, 6) is 2.12.